The number of rotatable bonds is 6. The Bertz CT molecular complexity index is 972. The monoisotopic (exact) mass is 390 g/mol. The minimum Gasteiger partial charge on any atom is -0.204 e. The number of hydrogen-bond donors (Lipinski definition) is 0. The maximum absolute atomic E-state index is 13.6. The predicted molar refractivity (Wildman–Crippen MR) is 116 cm³/mol. The van der Waals surface area contributed by atoms with E-state index in [0.29, 0.717) is 5.92 Å². The van der Waals surface area contributed by atoms with Gasteiger partial charge in [0.1, 0.15) is 0 Å². The van der Waals surface area contributed by atoms with Crippen molar-refractivity contribution in [2.75, 3.05) is 0 Å². The summed E-state index contributed by atoms with van der Waals surface area (Å²) in [6.45, 7) is 2.24. The molecule has 3 aromatic rings. The van der Waals surface area contributed by atoms with Crippen LogP contribution in [0, 0.1) is 11.6 Å². The van der Waals surface area contributed by atoms with Gasteiger partial charge < -0.3 is 0 Å². The highest BCUT2D eigenvalue weighted by Crippen LogP contribution is 2.35. The van der Waals surface area contributed by atoms with Crippen molar-refractivity contribution in [3.8, 4) is 11.1 Å². The van der Waals surface area contributed by atoms with Gasteiger partial charge in [0, 0.05) is 0 Å². The summed E-state index contributed by atoms with van der Waals surface area (Å²) >= 11 is 0. The van der Waals surface area contributed by atoms with E-state index in [0.717, 1.165) is 30.4 Å². The van der Waals surface area contributed by atoms with E-state index in [1.54, 1.807) is 6.07 Å². The molecule has 0 saturated carbocycles. The van der Waals surface area contributed by atoms with Gasteiger partial charge in [0.15, 0.2) is 11.6 Å². The summed E-state index contributed by atoms with van der Waals surface area (Å²) < 4.78 is 26.8. The van der Waals surface area contributed by atoms with Gasteiger partial charge in [-0.2, -0.15) is 0 Å². The van der Waals surface area contributed by atoms with Crippen molar-refractivity contribution in [2.45, 2.75) is 57.8 Å². The fourth-order valence-electron chi connectivity index (χ4n) is 4.43. The van der Waals surface area contributed by atoms with E-state index in [4.69, 9.17) is 0 Å². The Morgan fingerprint density at radius 3 is 2.31 bits per heavy atom. The first kappa shape index (κ1) is 19.8. The van der Waals surface area contributed by atoms with Crippen LogP contribution in [0.2, 0.25) is 0 Å². The van der Waals surface area contributed by atoms with Gasteiger partial charge in [0.05, 0.1) is 0 Å². The molecule has 1 aliphatic carbocycles. The highest BCUT2D eigenvalue weighted by atomic mass is 19.2. The van der Waals surface area contributed by atoms with E-state index in [-0.39, 0.29) is 0 Å². The Labute approximate surface area is 172 Å². The summed E-state index contributed by atoms with van der Waals surface area (Å²) in [4.78, 5) is 0. The van der Waals surface area contributed by atoms with E-state index in [1.807, 2.05) is 6.07 Å². The summed E-state index contributed by atoms with van der Waals surface area (Å²) in [5.41, 5.74) is 7.26. The number of benzene rings is 3. The zero-order valence-electron chi connectivity index (χ0n) is 17.1. The zero-order valence-corrected chi connectivity index (χ0v) is 17.1. The molecule has 0 aromatic heterocycles. The zero-order chi connectivity index (χ0) is 20.2. The Balaban J connectivity index is 1.47. The molecular formula is C27H28F2. The van der Waals surface area contributed by atoms with Crippen LogP contribution in [0.3, 0.4) is 0 Å². The Morgan fingerprint density at radius 2 is 1.55 bits per heavy atom. The molecule has 1 unspecified atom stereocenters. The van der Waals surface area contributed by atoms with Gasteiger partial charge in [-0.25, -0.2) is 8.78 Å². The third kappa shape index (κ3) is 4.58. The molecule has 0 bridgehead atoms. The molecule has 0 heterocycles. The fourth-order valence-corrected chi connectivity index (χ4v) is 4.43. The SMILES string of the molecule is CCCCCc1ccc(C2CCc3cc(-c4ccc(F)c(F)c4)ccc3C2)cc1. The van der Waals surface area contributed by atoms with E-state index >= 15 is 0 Å². The molecule has 0 amide bonds. The van der Waals surface area contributed by atoms with Gasteiger partial charge >= 0.3 is 0 Å². The maximum atomic E-state index is 13.6. The highest BCUT2D eigenvalue weighted by molar-refractivity contribution is 5.65. The van der Waals surface area contributed by atoms with Crippen LogP contribution in [0.15, 0.2) is 60.7 Å². The van der Waals surface area contributed by atoms with Crippen molar-refractivity contribution in [1.82, 2.24) is 0 Å². The molecule has 0 saturated heterocycles. The van der Waals surface area contributed by atoms with Crippen molar-refractivity contribution < 1.29 is 8.78 Å². The lowest BCUT2D eigenvalue weighted by Crippen LogP contribution is -2.13. The molecule has 3 aromatic carbocycles. The third-order valence-electron chi connectivity index (χ3n) is 6.21. The van der Waals surface area contributed by atoms with Gasteiger partial charge in [0.2, 0.25) is 0 Å². The largest absolute Gasteiger partial charge is 0.204 e. The van der Waals surface area contributed by atoms with E-state index in [2.05, 4.69) is 43.3 Å². The van der Waals surface area contributed by atoms with Crippen LogP contribution in [-0.2, 0) is 19.3 Å². The van der Waals surface area contributed by atoms with Crippen LogP contribution >= 0.6 is 0 Å². The molecule has 1 aliphatic rings. The molecule has 4 rings (SSSR count). The summed E-state index contributed by atoms with van der Waals surface area (Å²) in [5.74, 6) is -1.04. The van der Waals surface area contributed by atoms with Crippen molar-refractivity contribution in [3.63, 3.8) is 0 Å². The number of aryl methyl sites for hydroxylation is 2. The molecular weight excluding hydrogens is 362 g/mol. The molecule has 150 valence electrons. The maximum Gasteiger partial charge on any atom is 0.159 e. The summed E-state index contributed by atoms with van der Waals surface area (Å²) in [6, 6.07) is 19.7. The predicted octanol–water partition coefficient (Wildman–Crippen LogP) is 7.64. The molecule has 0 spiro atoms. The standard InChI is InChI=1S/C27H28F2/c1-2-3-4-5-19-6-8-20(9-7-19)21-10-11-23-17-24(13-12-22(23)16-21)25-14-15-26(28)27(29)18-25/h6-9,12-15,17-18,21H,2-5,10-11,16H2,1H3. The van der Waals surface area contributed by atoms with Crippen LogP contribution < -0.4 is 0 Å². The molecule has 0 aliphatic heterocycles. The van der Waals surface area contributed by atoms with E-state index in [1.165, 1.54) is 60.1 Å². The molecule has 0 radical (unpaired) electrons. The van der Waals surface area contributed by atoms with Gasteiger partial charge in [-0.3, -0.25) is 0 Å². The number of fused-ring (bicyclic) bond motifs is 1. The Kier molecular flexibility index (Phi) is 6.08. The Morgan fingerprint density at radius 1 is 0.793 bits per heavy atom. The second-order valence-corrected chi connectivity index (χ2v) is 8.25. The first-order valence-corrected chi connectivity index (χ1v) is 10.8. The van der Waals surface area contributed by atoms with E-state index < -0.39 is 11.6 Å². The van der Waals surface area contributed by atoms with Crippen LogP contribution in [0.25, 0.3) is 11.1 Å². The summed E-state index contributed by atoms with van der Waals surface area (Å²) in [6.07, 6.45) is 8.20. The third-order valence-corrected chi connectivity index (χ3v) is 6.21. The van der Waals surface area contributed by atoms with E-state index in [9.17, 15) is 8.78 Å². The number of unbranched alkanes of at least 4 members (excludes halogenated alkanes) is 2. The molecule has 2 heteroatoms. The molecule has 0 nitrogen and oxygen atoms in total. The van der Waals surface area contributed by atoms with Crippen LogP contribution in [0.4, 0.5) is 8.78 Å². The second-order valence-electron chi connectivity index (χ2n) is 8.25. The lowest BCUT2D eigenvalue weighted by molar-refractivity contribution is 0.509. The second kappa shape index (κ2) is 8.90. The smallest absolute Gasteiger partial charge is 0.159 e. The van der Waals surface area contributed by atoms with Crippen LogP contribution in [0.5, 0.6) is 0 Å². The lowest BCUT2D eigenvalue weighted by atomic mass is 9.79. The number of hydrogen-bond acceptors (Lipinski definition) is 0. The van der Waals surface area contributed by atoms with Crippen LogP contribution in [0.1, 0.15) is 60.8 Å². The van der Waals surface area contributed by atoms with Gasteiger partial charge in [-0.15, -0.1) is 0 Å². The minimum absolute atomic E-state index is 0.557. The molecule has 1 atom stereocenters. The van der Waals surface area contributed by atoms with Crippen molar-refractivity contribution in [1.29, 1.82) is 0 Å². The van der Waals surface area contributed by atoms with Crippen molar-refractivity contribution in [3.05, 3.63) is 94.6 Å². The fraction of sp³-hybridized carbons (Fsp3) is 0.333. The number of halogens is 2. The van der Waals surface area contributed by atoms with Gasteiger partial charge in [-0.1, -0.05) is 68.3 Å². The molecule has 0 N–H and O–H groups in total. The first-order valence-electron chi connectivity index (χ1n) is 10.8. The average Bonchev–Trinajstić information content (AvgIpc) is 2.75. The summed E-state index contributed by atoms with van der Waals surface area (Å²) in [5, 5.41) is 0. The van der Waals surface area contributed by atoms with Crippen molar-refractivity contribution >= 4 is 0 Å². The Hall–Kier alpha value is -2.48. The lowest BCUT2D eigenvalue weighted by Gasteiger charge is -2.26. The topological polar surface area (TPSA) is 0 Å². The first-order chi connectivity index (χ1) is 14.1. The summed E-state index contributed by atoms with van der Waals surface area (Å²) in [7, 11) is 0. The molecule has 0 fully saturated rings. The van der Waals surface area contributed by atoms with Crippen LogP contribution in [-0.4, -0.2) is 0 Å². The van der Waals surface area contributed by atoms with Crippen molar-refractivity contribution in [2.24, 2.45) is 0 Å². The quantitative estimate of drug-likeness (QED) is 0.379. The van der Waals surface area contributed by atoms with Gasteiger partial charge in [0.25, 0.3) is 0 Å². The normalized spacial score (nSPS) is 15.9. The molecule has 29 heavy (non-hydrogen) atoms. The highest BCUT2D eigenvalue weighted by Gasteiger charge is 2.20. The van der Waals surface area contributed by atoms with Gasteiger partial charge in [-0.05, 0) is 83.5 Å². The minimum atomic E-state index is -0.800. The average molecular weight is 391 g/mol.